The van der Waals surface area contributed by atoms with Crippen LogP contribution >= 0.6 is 38.6 Å². The number of anilines is 2. The normalized spacial score (nSPS) is 16.9. The lowest BCUT2D eigenvalue weighted by Crippen LogP contribution is -2.41. The molecule has 8 N–H and O–H groups in total. The average molecular weight is 1500 g/mol. The molecule has 99 heavy (non-hydrogen) atoms. The number of carbonyl (C=O) groups is 4. The molecule has 1 fully saturated rings. The van der Waals surface area contributed by atoms with E-state index in [1.807, 2.05) is 102 Å². The van der Waals surface area contributed by atoms with Crippen LogP contribution in [0, 0.1) is 0 Å². The highest BCUT2D eigenvalue weighted by Crippen LogP contribution is 2.42. The highest BCUT2D eigenvalue weighted by molar-refractivity contribution is 9.11. The molecule has 6 aromatic rings. The van der Waals surface area contributed by atoms with E-state index in [0.717, 1.165) is 47.4 Å². The number of carbonyl (C=O) groups excluding carboxylic acids is 4. The van der Waals surface area contributed by atoms with Crippen LogP contribution in [0.15, 0.2) is 141 Å². The van der Waals surface area contributed by atoms with Crippen LogP contribution < -0.4 is 41.3 Å². The number of nitrogens with one attached hydrogen (secondary N) is 8. The van der Waals surface area contributed by atoms with Crippen LogP contribution in [0.2, 0.25) is 0 Å². The average Bonchev–Trinajstić information content (AvgIpc) is 1.71. The van der Waals surface area contributed by atoms with Gasteiger partial charge in [-0.15, -0.1) is 22.7 Å². The van der Waals surface area contributed by atoms with Gasteiger partial charge < -0.3 is 50.7 Å². The quantitative estimate of drug-likeness (QED) is 0.0418. The van der Waals surface area contributed by atoms with Gasteiger partial charge in [-0.1, -0.05) is 92.4 Å². The second kappa shape index (κ2) is 33.6. The van der Waals surface area contributed by atoms with E-state index in [1.165, 1.54) is 40.3 Å². The Morgan fingerprint density at radius 1 is 0.586 bits per heavy atom. The third-order valence-electron chi connectivity index (χ3n) is 15.2. The molecule has 28 heteroatoms. The lowest BCUT2D eigenvalue weighted by atomic mass is 9.72. The van der Waals surface area contributed by atoms with Crippen molar-refractivity contribution in [2.24, 2.45) is 0 Å². The number of hydrogen-bond donors (Lipinski definition) is 8. The fraction of sp³-hybridized carbons (Fsp3) is 0.465. The van der Waals surface area contributed by atoms with Crippen LogP contribution in [-0.2, 0) is 51.9 Å². The minimum Gasteiger partial charge on any atom is -0.444 e. The molecule has 3 aliphatic rings. The number of hydrogen-bond acceptors (Lipinski definition) is 16. The van der Waals surface area contributed by atoms with Crippen molar-refractivity contribution in [2.45, 2.75) is 225 Å². The molecule has 1 saturated heterocycles. The summed E-state index contributed by atoms with van der Waals surface area (Å²) < 4.78 is 82.3. The lowest BCUT2D eigenvalue weighted by Gasteiger charge is -2.32. The summed E-state index contributed by atoms with van der Waals surface area (Å²) in [4.78, 5) is 59.2. The largest absolute Gasteiger partial charge is 0.490 e. The van der Waals surface area contributed by atoms with Gasteiger partial charge in [-0.3, -0.25) is 0 Å². The number of benzene rings is 4. The third-order valence-corrected chi connectivity index (χ3v) is 21.4. The fourth-order valence-electron chi connectivity index (χ4n) is 10.1. The highest BCUT2D eigenvalue weighted by Gasteiger charge is 2.52. The molecular weight excluding hydrogens is 1400 g/mol. The molecule has 0 saturated carbocycles. The van der Waals surface area contributed by atoms with E-state index in [2.05, 4.69) is 107 Å². The zero-order chi connectivity index (χ0) is 72.2. The first-order chi connectivity index (χ1) is 45.5. The molecule has 2 atom stereocenters. The number of urea groups is 2. The lowest BCUT2D eigenvalue weighted by molar-refractivity contribution is 0.00578. The summed E-state index contributed by atoms with van der Waals surface area (Å²) in [7, 11) is -8.10. The van der Waals surface area contributed by atoms with Gasteiger partial charge in [-0.2, -0.15) is 0 Å². The number of allylic oxidation sites excluding steroid dienone is 2. The van der Waals surface area contributed by atoms with E-state index in [-0.39, 0.29) is 53.7 Å². The number of aromatic nitrogens is 2. The molecule has 2 aliphatic carbocycles. The number of sulfonamides is 2. The maximum atomic E-state index is 13.6. The molecule has 4 aromatic carbocycles. The molecule has 538 valence electrons. The zero-order valence-corrected chi connectivity index (χ0v) is 63.6. The molecule has 1 aliphatic heterocycles. The van der Waals surface area contributed by atoms with E-state index in [4.69, 9.17) is 18.8 Å². The SMILES string of the molecule is C.CC(C)(C)NS(=O)(=O)c1cc(NC(=O)NCc2ccccc2)ccc1-c1cnc(Br)s1.CC(C)(C)NS(=O)(=O)c1cc(NC(=O)NCc2ccccc2)ccc1-c1cnc(C2=CCC(NC(=O)OC(C)(C)C)CC2)s1.CC(C)(C)OC(=O)NC1CC=C(B2OC(C)(C)C(C)(C)O2)CC1. The van der Waals surface area contributed by atoms with Gasteiger partial charge in [0.1, 0.15) is 16.2 Å². The van der Waals surface area contributed by atoms with E-state index < -0.39 is 60.5 Å². The molecule has 0 spiro atoms. The first-order valence-electron chi connectivity index (χ1n) is 32.4. The van der Waals surface area contributed by atoms with Gasteiger partial charge in [0.15, 0.2) is 3.92 Å². The smallest absolute Gasteiger partial charge is 0.444 e. The van der Waals surface area contributed by atoms with Gasteiger partial charge in [0.25, 0.3) is 0 Å². The Labute approximate surface area is 602 Å². The summed E-state index contributed by atoms with van der Waals surface area (Å²) in [6, 6.07) is 27.8. The van der Waals surface area contributed by atoms with Gasteiger partial charge in [0.2, 0.25) is 20.0 Å². The monoisotopic (exact) mass is 1500 g/mol. The van der Waals surface area contributed by atoms with Gasteiger partial charge >= 0.3 is 31.4 Å². The summed E-state index contributed by atoms with van der Waals surface area (Å²) >= 11 is 6.05. The summed E-state index contributed by atoms with van der Waals surface area (Å²) in [5.74, 6) is 0. The minimum atomic E-state index is -3.97. The molecule has 2 unspecified atom stereocenters. The van der Waals surface area contributed by atoms with Crippen molar-refractivity contribution in [1.82, 2.24) is 40.7 Å². The number of halogens is 1. The first kappa shape index (κ1) is 81.0. The van der Waals surface area contributed by atoms with Crippen molar-refractivity contribution in [1.29, 1.82) is 0 Å². The maximum absolute atomic E-state index is 13.6. The minimum absolute atomic E-state index is 0. The van der Waals surface area contributed by atoms with Gasteiger partial charge in [-0.25, -0.2) is 55.4 Å². The van der Waals surface area contributed by atoms with Crippen molar-refractivity contribution in [3.8, 4) is 20.9 Å². The second-order valence-corrected chi connectivity index (χ2v) is 35.7. The van der Waals surface area contributed by atoms with Crippen molar-refractivity contribution in [3.63, 3.8) is 0 Å². The Morgan fingerprint density at radius 2 is 1.00 bits per heavy atom. The summed E-state index contributed by atoms with van der Waals surface area (Å²) in [5, 5.41) is 17.7. The molecule has 22 nitrogen and oxygen atoms in total. The molecule has 0 radical (unpaired) electrons. The van der Waals surface area contributed by atoms with E-state index >= 15 is 0 Å². The number of rotatable bonds is 16. The van der Waals surface area contributed by atoms with E-state index in [1.54, 1.807) is 78.2 Å². The first-order valence-corrected chi connectivity index (χ1v) is 37.7. The Morgan fingerprint density at radius 3 is 1.37 bits per heavy atom. The number of alkyl carbamates (subject to hydrolysis) is 2. The van der Waals surface area contributed by atoms with Crippen molar-refractivity contribution in [2.75, 3.05) is 10.6 Å². The van der Waals surface area contributed by atoms with Crippen LogP contribution in [0.4, 0.5) is 30.6 Å². The van der Waals surface area contributed by atoms with Crippen molar-refractivity contribution >= 4 is 107 Å². The number of nitrogens with zero attached hydrogens (tertiary/aromatic N) is 2. The van der Waals surface area contributed by atoms with Crippen LogP contribution in [0.3, 0.4) is 0 Å². The van der Waals surface area contributed by atoms with Crippen LogP contribution in [0.5, 0.6) is 0 Å². The highest BCUT2D eigenvalue weighted by atomic mass is 79.9. The summed E-state index contributed by atoms with van der Waals surface area (Å²) in [5.41, 5.74) is 2.79. The molecular formula is C71H98BBrN10O12S4. The Balaban J connectivity index is 0.000000246. The topological polar surface area (TPSA) is 296 Å². The third kappa shape index (κ3) is 25.5. The predicted molar refractivity (Wildman–Crippen MR) is 400 cm³/mol. The van der Waals surface area contributed by atoms with E-state index in [0.29, 0.717) is 62.1 Å². The van der Waals surface area contributed by atoms with Gasteiger partial charge in [0, 0.05) is 71.1 Å². The molecule has 6 amide bonds. The number of ether oxygens (including phenoxy) is 2. The Kier molecular flexibility index (Phi) is 27.5. The molecule has 3 heterocycles. The van der Waals surface area contributed by atoms with Gasteiger partial charge in [-0.05, 0) is 212 Å². The number of amides is 6. The van der Waals surface area contributed by atoms with Crippen LogP contribution in [0.1, 0.15) is 173 Å². The second-order valence-electron chi connectivity index (χ2n) is 29.1. The van der Waals surface area contributed by atoms with Gasteiger partial charge in [0.05, 0.1) is 30.7 Å². The Bertz CT molecular complexity index is 4050. The zero-order valence-electron chi connectivity index (χ0n) is 58.7. The maximum Gasteiger partial charge on any atom is 0.490 e. The Hall–Kier alpha value is -7.02. The van der Waals surface area contributed by atoms with Crippen molar-refractivity contribution < 1.29 is 54.8 Å². The van der Waals surface area contributed by atoms with Crippen molar-refractivity contribution in [3.05, 3.63) is 147 Å². The summed E-state index contributed by atoms with van der Waals surface area (Å²) in [6.45, 7) is 30.6. The molecule has 2 aromatic heterocycles. The predicted octanol–water partition coefficient (Wildman–Crippen LogP) is 15.9. The van der Waals surface area contributed by atoms with E-state index in [9.17, 15) is 36.0 Å². The fourth-order valence-corrected chi connectivity index (χ4v) is 15.9. The standard InChI is InChI=1S/C32H41N5O5S2.C21H23BrN4O3S2.C17H30BNO4.CH4/c1-31(2,3)37-44(40,41)27-18-24(35-29(38)34-19-21-10-8-7-9-11-21)16-17-25(27)26-20-33-28(43-26)22-12-14-23(15-13-22)36-30(39)42-32(4,5)6;1-21(2,3)26-31(28,29)18-11-15(9-10-16(18)17-13-23-19(22)30-17)25-20(27)24-12-14-7-5-4-6-8-14;1-15(2,3)21-14(20)19-13-10-8-12(9-11-13)18-22-16(4,5)17(6,7)23-18;/h7-12,16-18,20,23,37H,13-15,19H2,1-6H3,(H,36,39)(H2,34,35,38);4-11,13,26H,12H2,1-3H3,(H2,24,25,27);8,13H,9-11H2,1-7H3,(H,19,20);1H4. The molecule has 0 bridgehead atoms. The summed E-state index contributed by atoms with van der Waals surface area (Å²) in [6.07, 6.45) is 11.3. The van der Waals surface area contributed by atoms with Crippen LogP contribution in [0.25, 0.3) is 26.5 Å². The molecule has 9 rings (SSSR count). The van der Waals surface area contributed by atoms with Crippen LogP contribution in [-0.4, -0.2) is 104 Å². The number of thiazole rings is 2.